The van der Waals surface area contributed by atoms with E-state index in [9.17, 15) is 4.79 Å². The van der Waals surface area contributed by atoms with Crippen molar-refractivity contribution in [2.75, 3.05) is 11.9 Å². The van der Waals surface area contributed by atoms with Crippen LogP contribution in [0.4, 0.5) is 10.5 Å². The van der Waals surface area contributed by atoms with E-state index in [1.54, 1.807) is 18.2 Å². The molecule has 0 saturated heterocycles. The second-order valence-corrected chi connectivity index (χ2v) is 4.39. The number of nitrogens with one attached hydrogen (secondary N) is 2. The van der Waals surface area contributed by atoms with Crippen LogP contribution in [0.15, 0.2) is 22.7 Å². The van der Waals surface area contributed by atoms with Crippen LogP contribution >= 0.6 is 27.5 Å². The first kappa shape index (κ1) is 12.3. The summed E-state index contributed by atoms with van der Waals surface area (Å²) in [6, 6.07) is 5.03. The molecule has 3 nitrogen and oxygen atoms in total. The molecule has 2 N–H and O–H groups in total. The molecule has 0 aromatic heterocycles. The summed E-state index contributed by atoms with van der Waals surface area (Å²) in [5.74, 6) is 0. The van der Waals surface area contributed by atoms with Gasteiger partial charge >= 0.3 is 6.03 Å². The van der Waals surface area contributed by atoms with Crippen LogP contribution in [0.1, 0.15) is 13.3 Å². The van der Waals surface area contributed by atoms with Gasteiger partial charge in [-0.3, -0.25) is 0 Å². The number of benzene rings is 1. The van der Waals surface area contributed by atoms with Crippen LogP contribution in [0, 0.1) is 0 Å². The number of carbonyl (C=O) groups is 1. The normalized spacial score (nSPS) is 9.80. The SMILES string of the molecule is CCCNC(=O)Nc1cc(Cl)cc(Br)c1. The summed E-state index contributed by atoms with van der Waals surface area (Å²) in [4.78, 5) is 11.3. The first-order valence-corrected chi connectivity index (χ1v) is 5.80. The molecule has 1 rings (SSSR count). The molecule has 0 saturated carbocycles. The molecule has 2 amide bonds. The first-order chi connectivity index (χ1) is 7.11. The van der Waals surface area contributed by atoms with Gasteiger partial charge in [-0.1, -0.05) is 34.5 Å². The Balaban J connectivity index is 2.60. The van der Waals surface area contributed by atoms with E-state index in [0.29, 0.717) is 17.3 Å². The lowest BCUT2D eigenvalue weighted by atomic mass is 10.3. The molecule has 82 valence electrons. The zero-order valence-corrected chi connectivity index (χ0v) is 10.7. The molecule has 0 aliphatic heterocycles. The first-order valence-electron chi connectivity index (χ1n) is 4.62. The highest BCUT2D eigenvalue weighted by atomic mass is 79.9. The summed E-state index contributed by atoms with van der Waals surface area (Å²) in [5.41, 5.74) is 0.669. The zero-order chi connectivity index (χ0) is 11.3. The molecule has 1 aromatic carbocycles. The van der Waals surface area contributed by atoms with Crippen LogP contribution in [-0.2, 0) is 0 Å². The maximum atomic E-state index is 11.3. The Bertz CT molecular complexity index is 337. The maximum Gasteiger partial charge on any atom is 0.319 e. The molecular formula is C10H12BrClN2O. The van der Waals surface area contributed by atoms with Crippen molar-refractivity contribution in [3.05, 3.63) is 27.7 Å². The van der Waals surface area contributed by atoms with E-state index in [1.165, 1.54) is 0 Å². The third-order valence-electron chi connectivity index (χ3n) is 1.66. The Morgan fingerprint density at radius 2 is 2.20 bits per heavy atom. The van der Waals surface area contributed by atoms with E-state index >= 15 is 0 Å². The van der Waals surface area contributed by atoms with Gasteiger partial charge in [-0.25, -0.2) is 4.79 Å². The fourth-order valence-electron chi connectivity index (χ4n) is 1.04. The lowest BCUT2D eigenvalue weighted by molar-refractivity contribution is 0.252. The topological polar surface area (TPSA) is 41.1 Å². The highest BCUT2D eigenvalue weighted by molar-refractivity contribution is 9.10. The molecular weight excluding hydrogens is 279 g/mol. The van der Waals surface area contributed by atoms with E-state index in [-0.39, 0.29) is 6.03 Å². The molecule has 0 fully saturated rings. The molecule has 1 aromatic rings. The van der Waals surface area contributed by atoms with Crippen LogP contribution in [0.2, 0.25) is 5.02 Å². The van der Waals surface area contributed by atoms with E-state index < -0.39 is 0 Å². The van der Waals surface area contributed by atoms with Crippen molar-refractivity contribution in [1.29, 1.82) is 0 Å². The van der Waals surface area contributed by atoms with Gasteiger partial charge in [0, 0.05) is 21.7 Å². The lowest BCUT2D eigenvalue weighted by Gasteiger charge is -2.07. The Morgan fingerprint density at radius 3 is 2.80 bits per heavy atom. The van der Waals surface area contributed by atoms with E-state index in [2.05, 4.69) is 26.6 Å². The summed E-state index contributed by atoms with van der Waals surface area (Å²) in [6.07, 6.45) is 0.909. The van der Waals surface area contributed by atoms with Crippen LogP contribution in [0.3, 0.4) is 0 Å². The van der Waals surface area contributed by atoms with Crippen molar-refractivity contribution >= 4 is 39.2 Å². The standard InChI is InChI=1S/C10H12BrClN2O/c1-2-3-13-10(15)14-9-5-7(11)4-8(12)6-9/h4-6H,2-3H2,1H3,(H2,13,14,15). The fraction of sp³-hybridized carbons (Fsp3) is 0.300. The molecule has 0 spiro atoms. The molecule has 15 heavy (non-hydrogen) atoms. The Hall–Kier alpha value is -0.740. The minimum atomic E-state index is -0.217. The third kappa shape index (κ3) is 4.53. The average molecular weight is 292 g/mol. The molecule has 5 heteroatoms. The number of amides is 2. The van der Waals surface area contributed by atoms with Gasteiger partial charge in [0.25, 0.3) is 0 Å². The third-order valence-corrected chi connectivity index (χ3v) is 2.33. The van der Waals surface area contributed by atoms with Gasteiger partial charge in [0.1, 0.15) is 0 Å². The second kappa shape index (κ2) is 5.98. The minimum Gasteiger partial charge on any atom is -0.338 e. The van der Waals surface area contributed by atoms with Crippen LogP contribution in [0.5, 0.6) is 0 Å². The quantitative estimate of drug-likeness (QED) is 0.877. The van der Waals surface area contributed by atoms with Gasteiger partial charge in [-0.2, -0.15) is 0 Å². The maximum absolute atomic E-state index is 11.3. The molecule has 0 atom stereocenters. The van der Waals surface area contributed by atoms with E-state index in [1.807, 2.05) is 6.92 Å². The Morgan fingerprint density at radius 1 is 1.47 bits per heavy atom. The summed E-state index contributed by atoms with van der Waals surface area (Å²) in [6.45, 7) is 2.66. The van der Waals surface area contributed by atoms with Crippen LogP contribution < -0.4 is 10.6 Å². The summed E-state index contributed by atoms with van der Waals surface area (Å²) in [7, 11) is 0. The van der Waals surface area contributed by atoms with Gasteiger partial charge < -0.3 is 10.6 Å². The molecule has 0 bridgehead atoms. The van der Waals surface area contributed by atoms with Crippen molar-refractivity contribution in [3.8, 4) is 0 Å². The number of hydrogen-bond acceptors (Lipinski definition) is 1. The van der Waals surface area contributed by atoms with E-state index in [0.717, 1.165) is 10.9 Å². The predicted molar refractivity (Wildman–Crippen MR) is 66.5 cm³/mol. The number of rotatable bonds is 3. The molecule has 0 unspecified atom stereocenters. The summed E-state index contributed by atoms with van der Waals surface area (Å²) < 4.78 is 0.834. The van der Waals surface area contributed by atoms with Gasteiger partial charge in [0.2, 0.25) is 0 Å². The monoisotopic (exact) mass is 290 g/mol. The van der Waals surface area contributed by atoms with Crippen LogP contribution in [-0.4, -0.2) is 12.6 Å². The number of anilines is 1. The van der Waals surface area contributed by atoms with Crippen molar-refractivity contribution in [1.82, 2.24) is 5.32 Å². The Kier molecular flexibility index (Phi) is 4.91. The van der Waals surface area contributed by atoms with Gasteiger partial charge in [-0.15, -0.1) is 0 Å². The molecule has 0 aliphatic carbocycles. The van der Waals surface area contributed by atoms with Gasteiger partial charge in [-0.05, 0) is 24.6 Å². The molecule has 0 radical (unpaired) electrons. The number of halogens is 2. The molecule has 0 aliphatic rings. The second-order valence-electron chi connectivity index (χ2n) is 3.04. The largest absolute Gasteiger partial charge is 0.338 e. The van der Waals surface area contributed by atoms with Crippen molar-refractivity contribution in [2.24, 2.45) is 0 Å². The summed E-state index contributed by atoms with van der Waals surface area (Å²) in [5, 5.41) is 5.98. The van der Waals surface area contributed by atoms with Gasteiger partial charge in [0.05, 0.1) is 0 Å². The number of urea groups is 1. The smallest absolute Gasteiger partial charge is 0.319 e. The zero-order valence-electron chi connectivity index (χ0n) is 8.31. The van der Waals surface area contributed by atoms with Crippen molar-refractivity contribution in [2.45, 2.75) is 13.3 Å². The van der Waals surface area contributed by atoms with Gasteiger partial charge in [0.15, 0.2) is 0 Å². The lowest BCUT2D eigenvalue weighted by Crippen LogP contribution is -2.29. The highest BCUT2D eigenvalue weighted by Gasteiger charge is 2.02. The number of carbonyl (C=O) groups excluding carboxylic acids is 1. The highest BCUT2D eigenvalue weighted by Crippen LogP contribution is 2.22. The number of hydrogen-bond donors (Lipinski definition) is 2. The fourth-order valence-corrected chi connectivity index (χ4v) is 1.90. The van der Waals surface area contributed by atoms with Crippen LogP contribution in [0.25, 0.3) is 0 Å². The van der Waals surface area contributed by atoms with E-state index in [4.69, 9.17) is 11.6 Å². The Labute approximate surface area is 102 Å². The minimum absolute atomic E-state index is 0.217. The predicted octanol–water partition coefficient (Wildman–Crippen LogP) is 3.63. The molecule has 0 heterocycles. The average Bonchev–Trinajstić information content (AvgIpc) is 2.13. The van der Waals surface area contributed by atoms with Crippen molar-refractivity contribution < 1.29 is 4.79 Å². The summed E-state index contributed by atoms with van der Waals surface area (Å²) >= 11 is 9.14. The van der Waals surface area contributed by atoms with Crippen molar-refractivity contribution in [3.63, 3.8) is 0 Å².